The van der Waals surface area contributed by atoms with E-state index in [9.17, 15) is 14.4 Å². The number of ether oxygens (including phenoxy) is 1. The van der Waals surface area contributed by atoms with Gasteiger partial charge in [0.15, 0.2) is 0 Å². The molecule has 0 radical (unpaired) electrons. The first-order chi connectivity index (χ1) is 12.9. The molecule has 0 spiro atoms. The van der Waals surface area contributed by atoms with Gasteiger partial charge in [-0.05, 0) is 55.3 Å². The molecule has 2 N–H and O–H groups in total. The van der Waals surface area contributed by atoms with Crippen LogP contribution in [0.3, 0.4) is 0 Å². The summed E-state index contributed by atoms with van der Waals surface area (Å²) in [5, 5.41) is 5.54. The van der Waals surface area contributed by atoms with Crippen molar-refractivity contribution in [3.63, 3.8) is 0 Å². The number of anilines is 2. The third-order valence-electron chi connectivity index (χ3n) is 4.61. The van der Waals surface area contributed by atoms with Gasteiger partial charge >= 0.3 is 12.0 Å². The quantitative estimate of drug-likeness (QED) is 0.814. The van der Waals surface area contributed by atoms with Gasteiger partial charge in [-0.1, -0.05) is 6.07 Å². The molecule has 1 fully saturated rings. The van der Waals surface area contributed by atoms with E-state index in [1.807, 2.05) is 13.8 Å². The maximum absolute atomic E-state index is 12.7. The number of amides is 3. The first-order valence-electron chi connectivity index (χ1n) is 8.57. The first-order valence-corrected chi connectivity index (χ1v) is 8.57. The topological polar surface area (TPSA) is 87.7 Å². The number of nitrogens with one attached hydrogen (secondary N) is 2. The predicted octanol–water partition coefficient (Wildman–Crippen LogP) is 2.87. The van der Waals surface area contributed by atoms with Gasteiger partial charge in [-0.15, -0.1) is 0 Å². The minimum atomic E-state index is -0.450. The minimum absolute atomic E-state index is 0.176. The summed E-state index contributed by atoms with van der Waals surface area (Å²) in [6.07, 6.45) is 0. The van der Waals surface area contributed by atoms with Gasteiger partial charge in [0.1, 0.15) is 0 Å². The molecule has 0 aliphatic carbocycles. The van der Waals surface area contributed by atoms with E-state index in [0.29, 0.717) is 35.6 Å². The zero-order valence-corrected chi connectivity index (χ0v) is 15.5. The van der Waals surface area contributed by atoms with Gasteiger partial charge in [0.2, 0.25) is 0 Å². The summed E-state index contributed by atoms with van der Waals surface area (Å²) < 4.78 is 4.80. The molecule has 0 atom stereocenters. The highest BCUT2D eigenvalue weighted by Gasteiger charge is 2.22. The Morgan fingerprint density at radius 3 is 2.63 bits per heavy atom. The second-order valence-electron chi connectivity index (χ2n) is 6.35. The summed E-state index contributed by atoms with van der Waals surface area (Å²) in [7, 11) is 1.32. The Balaban J connectivity index is 1.85. The Hall–Kier alpha value is -3.35. The molecular weight excluding hydrogens is 346 g/mol. The fourth-order valence-corrected chi connectivity index (χ4v) is 2.99. The Kier molecular flexibility index (Phi) is 5.12. The van der Waals surface area contributed by atoms with E-state index < -0.39 is 5.97 Å². The number of rotatable bonds is 4. The molecule has 7 heteroatoms. The molecule has 3 amide bonds. The van der Waals surface area contributed by atoms with Crippen molar-refractivity contribution < 1.29 is 19.1 Å². The molecule has 0 unspecified atom stereocenters. The number of carbonyl (C=O) groups is 3. The minimum Gasteiger partial charge on any atom is -0.465 e. The summed E-state index contributed by atoms with van der Waals surface area (Å²) in [5.41, 5.74) is 3.68. The number of carbonyl (C=O) groups excluding carboxylic acids is 3. The number of esters is 1. The van der Waals surface area contributed by atoms with Crippen molar-refractivity contribution in [1.29, 1.82) is 0 Å². The third-order valence-corrected chi connectivity index (χ3v) is 4.61. The third kappa shape index (κ3) is 3.76. The van der Waals surface area contributed by atoms with Crippen LogP contribution < -0.4 is 15.5 Å². The van der Waals surface area contributed by atoms with Crippen molar-refractivity contribution in [2.75, 3.05) is 30.4 Å². The average Bonchev–Trinajstić information content (AvgIpc) is 3.10. The van der Waals surface area contributed by atoms with Crippen LogP contribution in [0.1, 0.15) is 31.8 Å². The van der Waals surface area contributed by atoms with Crippen molar-refractivity contribution in [1.82, 2.24) is 5.32 Å². The lowest BCUT2D eigenvalue weighted by atomic mass is 10.0. The molecule has 0 saturated carbocycles. The molecule has 27 heavy (non-hydrogen) atoms. The molecule has 3 rings (SSSR count). The second kappa shape index (κ2) is 7.49. The molecular formula is C20H21N3O4. The van der Waals surface area contributed by atoms with E-state index in [-0.39, 0.29) is 11.9 Å². The van der Waals surface area contributed by atoms with E-state index in [1.165, 1.54) is 7.11 Å². The Labute approximate surface area is 157 Å². The number of benzene rings is 2. The standard InChI is InChI=1S/C20H21N3O4/c1-12-9-15(11-17(13(12)2)19(25)27-3)22-18(24)14-5-4-6-16(10-14)23-8-7-21-20(23)26/h4-6,9-11H,7-8H2,1-3H3,(H,21,26)(H,22,24). The molecule has 2 aromatic rings. The summed E-state index contributed by atoms with van der Waals surface area (Å²) >= 11 is 0. The zero-order chi connectivity index (χ0) is 19.6. The van der Waals surface area contributed by atoms with Crippen molar-refractivity contribution in [3.8, 4) is 0 Å². The number of hydrogen-bond donors (Lipinski definition) is 2. The number of urea groups is 1. The molecule has 2 aromatic carbocycles. The van der Waals surface area contributed by atoms with Crippen molar-refractivity contribution in [2.45, 2.75) is 13.8 Å². The van der Waals surface area contributed by atoms with Crippen LogP contribution in [-0.2, 0) is 4.74 Å². The van der Waals surface area contributed by atoms with Crippen LogP contribution >= 0.6 is 0 Å². The highest BCUT2D eigenvalue weighted by molar-refractivity contribution is 6.06. The van der Waals surface area contributed by atoms with Gasteiger partial charge < -0.3 is 15.4 Å². The van der Waals surface area contributed by atoms with Crippen LogP contribution in [0.5, 0.6) is 0 Å². The fourth-order valence-electron chi connectivity index (χ4n) is 2.99. The molecule has 7 nitrogen and oxygen atoms in total. The predicted molar refractivity (Wildman–Crippen MR) is 102 cm³/mol. The van der Waals surface area contributed by atoms with Crippen molar-refractivity contribution >= 4 is 29.3 Å². The molecule has 1 heterocycles. The second-order valence-corrected chi connectivity index (χ2v) is 6.35. The summed E-state index contributed by atoms with van der Waals surface area (Å²) in [5.74, 6) is -0.774. The van der Waals surface area contributed by atoms with E-state index in [4.69, 9.17) is 4.74 Å². The van der Waals surface area contributed by atoms with Crippen LogP contribution in [0.4, 0.5) is 16.2 Å². The van der Waals surface area contributed by atoms with Gasteiger partial charge in [0, 0.05) is 30.0 Å². The first kappa shape index (κ1) is 18.4. The van der Waals surface area contributed by atoms with E-state index in [2.05, 4.69) is 10.6 Å². The normalized spacial score (nSPS) is 13.3. The number of methoxy groups -OCH3 is 1. The van der Waals surface area contributed by atoms with Crippen LogP contribution in [-0.4, -0.2) is 38.1 Å². The maximum atomic E-state index is 12.7. The van der Waals surface area contributed by atoms with Gasteiger partial charge in [0.25, 0.3) is 5.91 Å². The lowest BCUT2D eigenvalue weighted by Gasteiger charge is -2.15. The summed E-state index contributed by atoms with van der Waals surface area (Å²) in [6.45, 7) is 4.83. The largest absolute Gasteiger partial charge is 0.465 e. The monoisotopic (exact) mass is 367 g/mol. The van der Waals surface area contributed by atoms with Crippen LogP contribution in [0.2, 0.25) is 0 Å². The maximum Gasteiger partial charge on any atom is 0.338 e. The van der Waals surface area contributed by atoms with Crippen molar-refractivity contribution in [3.05, 3.63) is 58.7 Å². The molecule has 1 aliphatic heterocycles. The SMILES string of the molecule is COC(=O)c1cc(NC(=O)c2cccc(N3CCNC3=O)c2)cc(C)c1C. The van der Waals surface area contributed by atoms with Crippen LogP contribution in [0.15, 0.2) is 36.4 Å². The fraction of sp³-hybridized carbons (Fsp3) is 0.250. The van der Waals surface area contributed by atoms with Gasteiger partial charge in [-0.3, -0.25) is 9.69 Å². The van der Waals surface area contributed by atoms with E-state index in [0.717, 1.165) is 11.1 Å². The van der Waals surface area contributed by atoms with Crippen molar-refractivity contribution in [2.24, 2.45) is 0 Å². The Bertz CT molecular complexity index is 923. The summed E-state index contributed by atoms with van der Waals surface area (Å²) in [4.78, 5) is 38.0. The van der Waals surface area contributed by atoms with E-state index >= 15 is 0 Å². The lowest BCUT2D eigenvalue weighted by Crippen LogP contribution is -2.27. The van der Waals surface area contributed by atoms with Gasteiger partial charge in [-0.25, -0.2) is 9.59 Å². The number of aryl methyl sites for hydroxylation is 1. The molecule has 1 aliphatic rings. The number of nitrogens with zero attached hydrogens (tertiary/aromatic N) is 1. The van der Waals surface area contributed by atoms with Gasteiger partial charge in [0.05, 0.1) is 12.7 Å². The zero-order valence-electron chi connectivity index (χ0n) is 15.5. The average molecular weight is 367 g/mol. The lowest BCUT2D eigenvalue weighted by molar-refractivity contribution is 0.0599. The van der Waals surface area contributed by atoms with Gasteiger partial charge in [-0.2, -0.15) is 0 Å². The Morgan fingerprint density at radius 2 is 1.96 bits per heavy atom. The molecule has 140 valence electrons. The highest BCUT2D eigenvalue weighted by atomic mass is 16.5. The Morgan fingerprint density at radius 1 is 1.19 bits per heavy atom. The van der Waals surface area contributed by atoms with E-state index in [1.54, 1.807) is 41.3 Å². The highest BCUT2D eigenvalue weighted by Crippen LogP contribution is 2.23. The molecule has 0 aromatic heterocycles. The molecule has 0 bridgehead atoms. The number of hydrogen-bond acceptors (Lipinski definition) is 4. The molecule has 1 saturated heterocycles. The van der Waals surface area contributed by atoms with Crippen LogP contribution in [0.25, 0.3) is 0 Å². The van der Waals surface area contributed by atoms with Crippen LogP contribution in [0, 0.1) is 13.8 Å². The smallest absolute Gasteiger partial charge is 0.338 e. The summed E-state index contributed by atoms with van der Waals surface area (Å²) in [6, 6.07) is 10.1.